The highest BCUT2D eigenvalue weighted by atomic mass is 16.5. The Hall–Kier alpha value is -2.50. The summed E-state index contributed by atoms with van der Waals surface area (Å²) in [7, 11) is 1.90. The van der Waals surface area contributed by atoms with Crippen LogP contribution in [0, 0.1) is 6.92 Å². The van der Waals surface area contributed by atoms with Crippen LogP contribution in [0.15, 0.2) is 30.6 Å². The van der Waals surface area contributed by atoms with Crippen LogP contribution in [0.2, 0.25) is 0 Å². The van der Waals surface area contributed by atoms with E-state index < -0.39 is 0 Å². The molecule has 1 aliphatic rings. The highest BCUT2D eigenvalue weighted by Gasteiger charge is 2.30. The van der Waals surface area contributed by atoms with Crippen molar-refractivity contribution in [2.24, 2.45) is 7.05 Å². The average molecular weight is 342 g/mol. The Kier molecular flexibility index (Phi) is 5.26. The van der Waals surface area contributed by atoms with Crippen molar-refractivity contribution in [3.05, 3.63) is 47.3 Å². The summed E-state index contributed by atoms with van der Waals surface area (Å²) in [6.45, 7) is 5.85. The fourth-order valence-electron chi connectivity index (χ4n) is 3.34. The van der Waals surface area contributed by atoms with Crippen LogP contribution >= 0.6 is 0 Å². The van der Waals surface area contributed by atoms with Gasteiger partial charge in [0, 0.05) is 37.5 Å². The van der Waals surface area contributed by atoms with Crippen molar-refractivity contribution in [3.8, 4) is 5.75 Å². The Labute approximate surface area is 148 Å². The maximum absolute atomic E-state index is 12.7. The van der Waals surface area contributed by atoms with Crippen molar-refractivity contribution in [2.75, 3.05) is 13.2 Å². The van der Waals surface area contributed by atoms with Gasteiger partial charge in [0.05, 0.1) is 18.8 Å². The Balaban J connectivity index is 1.66. The van der Waals surface area contributed by atoms with E-state index in [0.717, 1.165) is 41.8 Å². The van der Waals surface area contributed by atoms with Crippen LogP contribution in [0.25, 0.3) is 0 Å². The first kappa shape index (κ1) is 17.3. The van der Waals surface area contributed by atoms with E-state index in [1.165, 1.54) is 0 Å². The third-order valence-corrected chi connectivity index (χ3v) is 4.58. The molecule has 0 saturated carbocycles. The molecule has 0 unspecified atom stereocenters. The Bertz CT molecular complexity index is 741. The molecule has 1 saturated heterocycles. The SMILES string of the molecule is CCOc1cc(C)ccc1CNC(=O)N1CCC[C@H]1c1cnn(C)c1. The molecule has 1 atom stereocenters. The van der Waals surface area contributed by atoms with Crippen molar-refractivity contribution in [3.63, 3.8) is 0 Å². The zero-order valence-corrected chi connectivity index (χ0v) is 15.2. The molecule has 6 heteroatoms. The average Bonchev–Trinajstić information content (AvgIpc) is 3.22. The summed E-state index contributed by atoms with van der Waals surface area (Å²) < 4.78 is 7.48. The van der Waals surface area contributed by atoms with Crippen LogP contribution in [-0.2, 0) is 13.6 Å². The molecular formula is C19H26N4O2. The van der Waals surface area contributed by atoms with Gasteiger partial charge in [0.25, 0.3) is 0 Å². The maximum Gasteiger partial charge on any atom is 0.318 e. The predicted octanol–water partition coefficient (Wildman–Crippen LogP) is 3.17. The zero-order chi connectivity index (χ0) is 17.8. The number of nitrogens with zero attached hydrogens (tertiary/aromatic N) is 3. The van der Waals surface area contributed by atoms with Gasteiger partial charge in [0.1, 0.15) is 5.75 Å². The Morgan fingerprint density at radius 2 is 2.28 bits per heavy atom. The number of urea groups is 1. The van der Waals surface area contributed by atoms with E-state index in [2.05, 4.69) is 10.4 Å². The van der Waals surface area contributed by atoms with Gasteiger partial charge < -0.3 is 15.0 Å². The summed E-state index contributed by atoms with van der Waals surface area (Å²) in [6, 6.07) is 6.15. The summed E-state index contributed by atoms with van der Waals surface area (Å²) in [5.41, 5.74) is 3.24. The number of carbonyl (C=O) groups excluding carboxylic acids is 1. The van der Waals surface area contributed by atoms with Gasteiger partial charge in [-0.15, -0.1) is 0 Å². The van der Waals surface area contributed by atoms with E-state index in [4.69, 9.17) is 4.74 Å². The second-order valence-corrected chi connectivity index (χ2v) is 6.50. The lowest BCUT2D eigenvalue weighted by Gasteiger charge is -2.24. The molecule has 0 radical (unpaired) electrons. The number of nitrogens with one attached hydrogen (secondary N) is 1. The quantitative estimate of drug-likeness (QED) is 0.908. The number of hydrogen-bond donors (Lipinski definition) is 1. The van der Waals surface area contributed by atoms with Crippen LogP contribution in [0.3, 0.4) is 0 Å². The number of aromatic nitrogens is 2. The standard InChI is InChI=1S/C19H26N4O2/c1-4-25-18-10-14(2)7-8-15(18)11-20-19(24)23-9-5-6-17(23)16-12-21-22(3)13-16/h7-8,10,12-13,17H,4-6,9,11H2,1-3H3,(H,20,24)/t17-/m0/s1. The van der Waals surface area contributed by atoms with Gasteiger partial charge in [0.2, 0.25) is 0 Å². The minimum atomic E-state index is -0.0330. The van der Waals surface area contributed by atoms with Crippen LogP contribution in [-0.4, -0.2) is 33.9 Å². The zero-order valence-electron chi connectivity index (χ0n) is 15.2. The monoisotopic (exact) mass is 342 g/mol. The number of amides is 2. The normalized spacial score (nSPS) is 16.9. The van der Waals surface area contributed by atoms with E-state index in [-0.39, 0.29) is 12.1 Å². The van der Waals surface area contributed by atoms with Crippen molar-refractivity contribution in [1.29, 1.82) is 0 Å². The molecule has 0 bridgehead atoms. The number of rotatable bonds is 5. The molecule has 134 valence electrons. The topological polar surface area (TPSA) is 59.4 Å². The lowest BCUT2D eigenvalue weighted by atomic mass is 10.1. The Morgan fingerprint density at radius 1 is 1.44 bits per heavy atom. The molecule has 2 amide bonds. The van der Waals surface area contributed by atoms with Crippen molar-refractivity contribution in [1.82, 2.24) is 20.0 Å². The molecule has 1 aromatic carbocycles. The fraction of sp³-hybridized carbons (Fsp3) is 0.474. The fourth-order valence-corrected chi connectivity index (χ4v) is 3.34. The second-order valence-electron chi connectivity index (χ2n) is 6.50. The highest BCUT2D eigenvalue weighted by Crippen LogP contribution is 2.31. The van der Waals surface area contributed by atoms with Gasteiger partial charge in [-0.2, -0.15) is 5.10 Å². The molecule has 6 nitrogen and oxygen atoms in total. The second kappa shape index (κ2) is 7.59. The van der Waals surface area contributed by atoms with Crippen molar-refractivity contribution >= 4 is 6.03 Å². The molecule has 2 heterocycles. The smallest absolute Gasteiger partial charge is 0.318 e. The van der Waals surface area contributed by atoms with Gasteiger partial charge in [-0.1, -0.05) is 12.1 Å². The highest BCUT2D eigenvalue weighted by molar-refractivity contribution is 5.75. The molecule has 0 spiro atoms. The molecule has 0 aliphatic carbocycles. The van der Waals surface area contributed by atoms with Gasteiger partial charge >= 0.3 is 6.03 Å². The first-order valence-corrected chi connectivity index (χ1v) is 8.84. The van der Waals surface area contributed by atoms with Gasteiger partial charge in [-0.05, 0) is 38.3 Å². The van der Waals surface area contributed by atoms with Crippen molar-refractivity contribution < 1.29 is 9.53 Å². The first-order chi connectivity index (χ1) is 12.1. The molecule has 1 N–H and O–H groups in total. The molecule has 25 heavy (non-hydrogen) atoms. The van der Waals surface area contributed by atoms with E-state index in [0.29, 0.717) is 13.2 Å². The first-order valence-electron chi connectivity index (χ1n) is 8.84. The van der Waals surface area contributed by atoms with Crippen LogP contribution < -0.4 is 10.1 Å². The summed E-state index contributed by atoms with van der Waals surface area (Å²) in [6.07, 6.45) is 5.84. The molecule has 1 fully saturated rings. The number of ether oxygens (including phenoxy) is 1. The molecule has 1 aliphatic heterocycles. The lowest BCUT2D eigenvalue weighted by molar-refractivity contribution is 0.192. The summed E-state index contributed by atoms with van der Waals surface area (Å²) in [4.78, 5) is 14.6. The van der Waals surface area contributed by atoms with Crippen molar-refractivity contribution in [2.45, 2.75) is 39.3 Å². The molecule has 3 rings (SSSR count). The molecule has 2 aromatic rings. The summed E-state index contributed by atoms with van der Waals surface area (Å²) in [5.74, 6) is 0.841. The van der Waals surface area contributed by atoms with Gasteiger partial charge in [-0.3, -0.25) is 4.68 Å². The van der Waals surface area contributed by atoms with E-state index in [9.17, 15) is 4.79 Å². The van der Waals surface area contributed by atoms with Crippen LogP contribution in [0.5, 0.6) is 5.75 Å². The van der Waals surface area contributed by atoms with E-state index in [1.54, 1.807) is 4.68 Å². The molecular weight excluding hydrogens is 316 g/mol. The minimum absolute atomic E-state index is 0.0330. The lowest BCUT2D eigenvalue weighted by Crippen LogP contribution is -2.39. The number of aryl methyl sites for hydroxylation is 2. The van der Waals surface area contributed by atoms with E-state index >= 15 is 0 Å². The van der Waals surface area contributed by atoms with Crippen LogP contribution in [0.1, 0.15) is 42.5 Å². The largest absolute Gasteiger partial charge is 0.494 e. The van der Waals surface area contributed by atoms with Gasteiger partial charge in [-0.25, -0.2) is 4.79 Å². The molecule has 1 aromatic heterocycles. The number of likely N-dealkylation sites (tertiary alicyclic amines) is 1. The predicted molar refractivity (Wildman–Crippen MR) is 96.5 cm³/mol. The van der Waals surface area contributed by atoms with Crippen LogP contribution in [0.4, 0.5) is 4.79 Å². The third kappa shape index (κ3) is 3.95. The number of benzene rings is 1. The van der Waals surface area contributed by atoms with Gasteiger partial charge in [0.15, 0.2) is 0 Å². The minimum Gasteiger partial charge on any atom is -0.494 e. The summed E-state index contributed by atoms with van der Waals surface area (Å²) >= 11 is 0. The van der Waals surface area contributed by atoms with E-state index in [1.807, 2.05) is 56.4 Å². The third-order valence-electron chi connectivity index (χ3n) is 4.58. The maximum atomic E-state index is 12.7. The summed E-state index contributed by atoms with van der Waals surface area (Å²) in [5, 5.41) is 7.28. The number of hydrogen-bond acceptors (Lipinski definition) is 3. The number of carbonyl (C=O) groups is 1. The Morgan fingerprint density at radius 3 is 3.00 bits per heavy atom.